The molecule has 1 N–H and O–H groups in total. The highest BCUT2D eigenvalue weighted by Gasteiger charge is 2.10. The fourth-order valence-electron chi connectivity index (χ4n) is 2.75. The summed E-state index contributed by atoms with van der Waals surface area (Å²) in [6, 6.07) is 13.9. The molecule has 2 heterocycles. The van der Waals surface area contributed by atoms with Gasteiger partial charge in [0.1, 0.15) is 17.1 Å². The van der Waals surface area contributed by atoms with Crippen LogP contribution in [0.1, 0.15) is 0 Å². The quantitative estimate of drug-likeness (QED) is 0.486. The van der Waals surface area contributed by atoms with Crippen molar-refractivity contribution in [2.24, 2.45) is 0 Å². The molecule has 2 aromatic heterocycles. The van der Waals surface area contributed by atoms with E-state index in [2.05, 4.69) is 10.3 Å². The van der Waals surface area contributed by atoms with E-state index in [-0.39, 0.29) is 12.5 Å². The Bertz CT molecular complexity index is 1200. The van der Waals surface area contributed by atoms with Gasteiger partial charge in [-0.2, -0.15) is 0 Å². The third kappa shape index (κ3) is 4.27. The summed E-state index contributed by atoms with van der Waals surface area (Å²) >= 11 is 1.33. The number of carbonyl (C=O) groups excluding carboxylic acids is 1. The number of aromatic nitrogens is 1. The molecule has 146 valence electrons. The van der Waals surface area contributed by atoms with Crippen LogP contribution < -0.4 is 20.4 Å². The fourth-order valence-corrected chi connectivity index (χ4v) is 3.29. The summed E-state index contributed by atoms with van der Waals surface area (Å²) in [5, 5.41) is 5.70. The van der Waals surface area contributed by atoms with E-state index in [0.29, 0.717) is 33.3 Å². The number of carbonyl (C=O) groups is 1. The van der Waals surface area contributed by atoms with Crippen molar-refractivity contribution in [2.75, 3.05) is 19.0 Å². The van der Waals surface area contributed by atoms with Gasteiger partial charge >= 0.3 is 5.63 Å². The maximum atomic E-state index is 12.4. The number of methoxy groups -OCH3 is 1. The van der Waals surface area contributed by atoms with E-state index in [4.69, 9.17) is 13.9 Å². The molecule has 0 fully saturated rings. The summed E-state index contributed by atoms with van der Waals surface area (Å²) in [6.45, 7) is -0.142. The maximum Gasteiger partial charge on any atom is 0.344 e. The van der Waals surface area contributed by atoms with E-state index in [0.717, 1.165) is 5.39 Å². The number of amides is 1. The van der Waals surface area contributed by atoms with Gasteiger partial charge in [0.2, 0.25) is 0 Å². The third-order valence-corrected chi connectivity index (χ3v) is 4.84. The van der Waals surface area contributed by atoms with Gasteiger partial charge in [-0.3, -0.25) is 10.1 Å². The molecule has 0 aliphatic carbocycles. The predicted molar refractivity (Wildman–Crippen MR) is 111 cm³/mol. The highest BCUT2D eigenvalue weighted by atomic mass is 32.1. The highest BCUT2D eigenvalue weighted by Crippen LogP contribution is 2.25. The van der Waals surface area contributed by atoms with Crippen LogP contribution >= 0.6 is 11.3 Å². The minimum absolute atomic E-state index is 0.142. The monoisotopic (exact) mass is 408 g/mol. The van der Waals surface area contributed by atoms with Crippen LogP contribution in [0.4, 0.5) is 5.13 Å². The molecule has 0 unspecified atom stereocenters. The number of nitrogens with zero attached hydrogens (tertiary/aromatic N) is 1. The molecule has 0 bridgehead atoms. The summed E-state index contributed by atoms with van der Waals surface area (Å²) < 4.78 is 16.1. The van der Waals surface area contributed by atoms with E-state index >= 15 is 0 Å². The number of hydrogen-bond donors (Lipinski definition) is 1. The number of ether oxygens (including phenoxy) is 2. The molecule has 0 aliphatic heterocycles. The highest BCUT2D eigenvalue weighted by molar-refractivity contribution is 7.13. The number of anilines is 1. The molecule has 4 aromatic rings. The SMILES string of the molecule is COc1ccc2oc(=O)c(-c3ccc(OCC(=O)Nc4nccs4)cc3)cc2c1. The summed E-state index contributed by atoms with van der Waals surface area (Å²) in [7, 11) is 1.58. The molecule has 0 spiro atoms. The number of rotatable bonds is 6. The van der Waals surface area contributed by atoms with Gasteiger partial charge in [-0.05, 0) is 42.0 Å². The van der Waals surface area contributed by atoms with Gasteiger partial charge in [-0.15, -0.1) is 11.3 Å². The average Bonchev–Trinajstić information content (AvgIpc) is 3.25. The van der Waals surface area contributed by atoms with Crippen molar-refractivity contribution in [3.05, 3.63) is 70.5 Å². The Labute approximate surface area is 169 Å². The molecule has 2 aromatic carbocycles. The first-order chi connectivity index (χ1) is 14.1. The molecule has 8 heteroatoms. The van der Waals surface area contributed by atoms with Gasteiger partial charge in [-0.1, -0.05) is 12.1 Å². The predicted octanol–water partition coefficient (Wildman–Crippen LogP) is 3.94. The molecule has 4 rings (SSSR count). The number of thiazole rings is 1. The summed E-state index contributed by atoms with van der Waals surface area (Å²) in [5.41, 5.74) is 1.17. The van der Waals surface area contributed by atoms with Crippen LogP contribution in [0.15, 0.2) is 69.3 Å². The van der Waals surface area contributed by atoms with Crippen LogP contribution in [0.2, 0.25) is 0 Å². The smallest absolute Gasteiger partial charge is 0.344 e. The normalized spacial score (nSPS) is 10.7. The summed E-state index contributed by atoms with van der Waals surface area (Å²) in [5.74, 6) is 0.889. The average molecular weight is 408 g/mol. The Morgan fingerprint density at radius 3 is 2.66 bits per heavy atom. The Hall–Kier alpha value is -3.65. The van der Waals surface area contributed by atoms with E-state index in [9.17, 15) is 9.59 Å². The maximum absolute atomic E-state index is 12.4. The Balaban J connectivity index is 1.49. The van der Waals surface area contributed by atoms with Crippen molar-refractivity contribution in [1.29, 1.82) is 0 Å². The van der Waals surface area contributed by atoms with Crippen molar-refractivity contribution in [3.63, 3.8) is 0 Å². The molecule has 0 aliphatic rings. The van der Waals surface area contributed by atoms with Gasteiger partial charge in [0.25, 0.3) is 5.91 Å². The largest absolute Gasteiger partial charge is 0.497 e. The second-order valence-electron chi connectivity index (χ2n) is 6.05. The number of nitrogens with one attached hydrogen (secondary N) is 1. The van der Waals surface area contributed by atoms with Crippen LogP contribution in [-0.4, -0.2) is 24.6 Å². The van der Waals surface area contributed by atoms with Crippen LogP contribution in [0.25, 0.3) is 22.1 Å². The lowest BCUT2D eigenvalue weighted by Crippen LogP contribution is -2.19. The van der Waals surface area contributed by atoms with E-state index < -0.39 is 5.63 Å². The zero-order valence-corrected chi connectivity index (χ0v) is 16.2. The van der Waals surface area contributed by atoms with Gasteiger partial charge in [0, 0.05) is 17.0 Å². The van der Waals surface area contributed by atoms with Crippen LogP contribution in [-0.2, 0) is 4.79 Å². The first-order valence-corrected chi connectivity index (χ1v) is 9.55. The molecule has 0 saturated carbocycles. The molecule has 7 nitrogen and oxygen atoms in total. The van der Waals surface area contributed by atoms with Gasteiger partial charge in [0.05, 0.1) is 12.7 Å². The standard InChI is InChI=1S/C21H16N2O5S/c1-26-16-6-7-18-14(10-16)11-17(20(25)28-18)13-2-4-15(5-3-13)27-12-19(24)23-21-22-8-9-29-21/h2-11H,12H2,1H3,(H,22,23,24). The zero-order valence-electron chi connectivity index (χ0n) is 15.4. The van der Waals surface area contributed by atoms with Crippen molar-refractivity contribution < 1.29 is 18.7 Å². The fraction of sp³-hybridized carbons (Fsp3) is 0.0952. The summed E-state index contributed by atoms with van der Waals surface area (Å²) in [4.78, 5) is 28.2. The van der Waals surface area contributed by atoms with Crippen LogP contribution in [0.5, 0.6) is 11.5 Å². The number of benzene rings is 2. The third-order valence-electron chi connectivity index (χ3n) is 4.15. The second kappa shape index (κ2) is 8.15. The first-order valence-electron chi connectivity index (χ1n) is 8.67. The molecule has 29 heavy (non-hydrogen) atoms. The van der Waals surface area contributed by atoms with Crippen molar-refractivity contribution >= 4 is 33.3 Å². The van der Waals surface area contributed by atoms with Crippen molar-refractivity contribution in [1.82, 2.24) is 4.98 Å². The second-order valence-corrected chi connectivity index (χ2v) is 6.94. The Morgan fingerprint density at radius 2 is 1.93 bits per heavy atom. The lowest BCUT2D eigenvalue weighted by Gasteiger charge is -2.07. The molecular formula is C21H16N2O5S. The number of hydrogen-bond acceptors (Lipinski definition) is 7. The van der Waals surface area contributed by atoms with Gasteiger partial charge in [-0.25, -0.2) is 9.78 Å². The topological polar surface area (TPSA) is 90.7 Å². The Kier molecular flexibility index (Phi) is 5.26. The van der Waals surface area contributed by atoms with Gasteiger partial charge in [0.15, 0.2) is 11.7 Å². The summed E-state index contributed by atoms with van der Waals surface area (Å²) in [6.07, 6.45) is 1.61. The van der Waals surface area contributed by atoms with Crippen molar-refractivity contribution in [3.8, 4) is 22.6 Å². The lowest BCUT2D eigenvalue weighted by molar-refractivity contribution is -0.118. The molecule has 1 amide bonds. The van der Waals surface area contributed by atoms with Crippen LogP contribution in [0, 0.1) is 0 Å². The number of fused-ring (bicyclic) bond motifs is 1. The lowest BCUT2D eigenvalue weighted by atomic mass is 10.1. The zero-order chi connectivity index (χ0) is 20.2. The minimum atomic E-state index is -0.431. The molecule has 0 saturated heterocycles. The van der Waals surface area contributed by atoms with E-state index in [1.807, 2.05) is 0 Å². The molecule has 0 atom stereocenters. The molecule has 0 radical (unpaired) electrons. The van der Waals surface area contributed by atoms with Gasteiger partial charge < -0.3 is 13.9 Å². The van der Waals surface area contributed by atoms with E-state index in [1.165, 1.54) is 11.3 Å². The Morgan fingerprint density at radius 1 is 1.14 bits per heavy atom. The van der Waals surface area contributed by atoms with E-state index in [1.54, 1.807) is 67.2 Å². The van der Waals surface area contributed by atoms with Crippen LogP contribution in [0.3, 0.4) is 0 Å². The minimum Gasteiger partial charge on any atom is -0.497 e. The molecular weight excluding hydrogens is 392 g/mol. The van der Waals surface area contributed by atoms with Crippen molar-refractivity contribution in [2.45, 2.75) is 0 Å². The first kappa shape index (κ1) is 18.7.